The fourth-order valence-electron chi connectivity index (χ4n) is 9.78. The Balaban J connectivity index is 0.983. The quantitative estimate of drug-likeness (QED) is 0.169. The van der Waals surface area contributed by atoms with Gasteiger partial charge in [-0.2, -0.15) is 0 Å². The lowest BCUT2D eigenvalue weighted by Crippen LogP contribution is -2.26. The van der Waals surface area contributed by atoms with E-state index in [4.69, 9.17) is 15.0 Å². The zero-order valence-electron chi connectivity index (χ0n) is 33.2. The van der Waals surface area contributed by atoms with E-state index in [0.717, 1.165) is 27.8 Å². The van der Waals surface area contributed by atoms with E-state index in [1.165, 1.54) is 66.8 Å². The molecule has 12 rings (SSSR count). The molecule has 10 aromatic rings. The molecule has 0 radical (unpaired) electrons. The van der Waals surface area contributed by atoms with Crippen molar-refractivity contribution in [1.29, 1.82) is 0 Å². The van der Waals surface area contributed by atoms with Gasteiger partial charge in [-0.15, -0.1) is 0 Å². The van der Waals surface area contributed by atoms with Crippen molar-refractivity contribution in [3.05, 3.63) is 247 Å². The van der Waals surface area contributed by atoms with Crippen LogP contribution < -0.4 is 0 Å². The second-order valence-corrected chi connectivity index (χ2v) is 15.9. The van der Waals surface area contributed by atoms with Crippen molar-refractivity contribution < 1.29 is 0 Å². The molecule has 3 nitrogen and oxygen atoms in total. The average Bonchev–Trinajstić information content (AvgIpc) is 3.81. The van der Waals surface area contributed by atoms with Crippen molar-refractivity contribution in [3.63, 3.8) is 0 Å². The van der Waals surface area contributed by atoms with Crippen molar-refractivity contribution >= 4 is 0 Å². The van der Waals surface area contributed by atoms with Crippen molar-refractivity contribution in [2.24, 2.45) is 0 Å². The van der Waals surface area contributed by atoms with Gasteiger partial charge in [-0.25, -0.2) is 15.0 Å². The molecule has 0 saturated heterocycles. The Bertz CT molecular complexity index is 3200. The van der Waals surface area contributed by atoms with Gasteiger partial charge in [0, 0.05) is 16.7 Å². The van der Waals surface area contributed by atoms with E-state index in [9.17, 15) is 0 Å². The van der Waals surface area contributed by atoms with Gasteiger partial charge in [-0.1, -0.05) is 200 Å². The predicted octanol–water partition coefficient (Wildman–Crippen LogP) is 14.2. The second kappa shape index (κ2) is 14.1. The van der Waals surface area contributed by atoms with Crippen LogP contribution in [0.25, 0.3) is 89.8 Å². The smallest absolute Gasteiger partial charge is 0.164 e. The molecule has 0 bridgehead atoms. The molecule has 0 atom stereocenters. The number of hydrogen-bond donors (Lipinski definition) is 0. The van der Waals surface area contributed by atoms with Gasteiger partial charge >= 0.3 is 0 Å². The van der Waals surface area contributed by atoms with Crippen LogP contribution in [0.4, 0.5) is 0 Å². The summed E-state index contributed by atoms with van der Waals surface area (Å²) in [6, 6.07) is 80.7. The first-order valence-electron chi connectivity index (χ1n) is 20.8. The van der Waals surface area contributed by atoms with Gasteiger partial charge < -0.3 is 0 Å². The topological polar surface area (TPSA) is 38.7 Å². The standard InChI is InChI=1S/C58H37N3/c1-4-16-38(17-5-1)44-30-32-49-50-33-31-45(37-54(50)58(53(49)36-44)51-28-12-10-26-47(51)48-27-11-13-29-52(48)58)42-23-14-22-41(34-42)43-24-15-25-46(35-43)57-60-55(39-18-6-2-7-19-39)59-56(61-57)40-20-8-3-9-21-40/h1-37H. The molecule has 2 aliphatic rings. The molecule has 9 aromatic carbocycles. The molecule has 1 heterocycles. The Morgan fingerprint density at radius 3 is 1.03 bits per heavy atom. The summed E-state index contributed by atoms with van der Waals surface area (Å²) in [5.74, 6) is 1.94. The van der Waals surface area contributed by atoms with Crippen LogP contribution in [0.3, 0.4) is 0 Å². The van der Waals surface area contributed by atoms with Crippen molar-refractivity contribution in [2.75, 3.05) is 0 Å². The van der Waals surface area contributed by atoms with Gasteiger partial charge in [0.05, 0.1) is 5.41 Å². The number of hydrogen-bond acceptors (Lipinski definition) is 3. The largest absolute Gasteiger partial charge is 0.208 e. The summed E-state index contributed by atoms with van der Waals surface area (Å²) in [6.07, 6.45) is 0. The van der Waals surface area contributed by atoms with Gasteiger partial charge in [0.1, 0.15) is 0 Å². The van der Waals surface area contributed by atoms with E-state index in [1.54, 1.807) is 0 Å². The highest BCUT2D eigenvalue weighted by Crippen LogP contribution is 2.63. The number of rotatable bonds is 6. The van der Waals surface area contributed by atoms with E-state index in [1.807, 2.05) is 60.7 Å². The Kier molecular flexibility index (Phi) is 8.07. The number of benzene rings is 9. The first kappa shape index (κ1) is 35.0. The molecule has 0 aliphatic heterocycles. The Morgan fingerprint density at radius 2 is 0.541 bits per heavy atom. The SMILES string of the molecule is c1ccc(-c2ccc3c(c2)C2(c4ccccc4-c4ccccc42)c2cc(-c4cccc(-c5cccc(-c6nc(-c7ccccc7)nc(-c7ccccc7)n6)c5)c4)ccc2-3)cc1. The Morgan fingerprint density at radius 1 is 0.213 bits per heavy atom. The molecule has 1 spiro atoms. The van der Waals surface area contributed by atoms with Crippen LogP contribution >= 0.6 is 0 Å². The van der Waals surface area contributed by atoms with E-state index >= 15 is 0 Å². The van der Waals surface area contributed by atoms with Gasteiger partial charge in [-0.3, -0.25) is 0 Å². The Hall–Kier alpha value is -8.01. The summed E-state index contributed by atoms with van der Waals surface area (Å²) in [5, 5.41) is 0. The lowest BCUT2D eigenvalue weighted by Gasteiger charge is -2.31. The van der Waals surface area contributed by atoms with E-state index < -0.39 is 5.41 Å². The molecule has 0 unspecified atom stereocenters. The van der Waals surface area contributed by atoms with Crippen LogP contribution in [0.1, 0.15) is 22.3 Å². The highest BCUT2D eigenvalue weighted by Gasteiger charge is 2.51. The molecule has 0 N–H and O–H groups in total. The van der Waals surface area contributed by atoms with E-state index in [-0.39, 0.29) is 0 Å². The molecular weight excluding hydrogens is 739 g/mol. The third kappa shape index (κ3) is 5.62. The molecule has 1 aromatic heterocycles. The predicted molar refractivity (Wildman–Crippen MR) is 249 cm³/mol. The number of aromatic nitrogens is 3. The van der Waals surface area contributed by atoms with Gasteiger partial charge in [0.15, 0.2) is 17.5 Å². The third-order valence-electron chi connectivity index (χ3n) is 12.5. The third-order valence-corrected chi connectivity index (χ3v) is 12.5. The first-order chi connectivity index (χ1) is 30.2. The summed E-state index contributed by atoms with van der Waals surface area (Å²) in [7, 11) is 0. The maximum Gasteiger partial charge on any atom is 0.164 e. The molecule has 0 fully saturated rings. The zero-order chi connectivity index (χ0) is 40.3. The summed E-state index contributed by atoms with van der Waals surface area (Å²) >= 11 is 0. The lowest BCUT2D eigenvalue weighted by atomic mass is 9.70. The summed E-state index contributed by atoms with van der Waals surface area (Å²) in [4.78, 5) is 14.9. The summed E-state index contributed by atoms with van der Waals surface area (Å²) in [5.41, 5.74) is 20.0. The van der Waals surface area contributed by atoms with Gasteiger partial charge in [0.25, 0.3) is 0 Å². The van der Waals surface area contributed by atoms with E-state index in [0.29, 0.717) is 17.5 Å². The molecule has 2 aliphatic carbocycles. The Labute approximate surface area is 355 Å². The van der Waals surface area contributed by atoms with E-state index in [2.05, 4.69) is 164 Å². The zero-order valence-corrected chi connectivity index (χ0v) is 33.2. The average molecular weight is 776 g/mol. The van der Waals surface area contributed by atoms with Crippen molar-refractivity contribution in [2.45, 2.75) is 5.41 Å². The molecule has 0 amide bonds. The summed E-state index contributed by atoms with van der Waals surface area (Å²) in [6.45, 7) is 0. The minimum atomic E-state index is -0.452. The fourth-order valence-corrected chi connectivity index (χ4v) is 9.78. The highest BCUT2D eigenvalue weighted by molar-refractivity contribution is 5.97. The minimum absolute atomic E-state index is 0.452. The maximum atomic E-state index is 5.02. The van der Waals surface area contributed by atoms with Crippen molar-refractivity contribution in [1.82, 2.24) is 15.0 Å². The van der Waals surface area contributed by atoms with Crippen LogP contribution in [-0.4, -0.2) is 15.0 Å². The van der Waals surface area contributed by atoms with Crippen LogP contribution in [0.2, 0.25) is 0 Å². The van der Waals surface area contributed by atoms with Gasteiger partial charge in [0.2, 0.25) is 0 Å². The van der Waals surface area contributed by atoms with Crippen molar-refractivity contribution in [3.8, 4) is 89.8 Å². The molecule has 61 heavy (non-hydrogen) atoms. The highest BCUT2D eigenvalue weighted by atomic mass is 15.0. The number of nitrogens with zero attached hydrogens (tertiary/aromatic N) is 3. The first-order valence-corrected chi connectivity index (χ1v) is 20.8. The van der Waals surface area contributed by atoms with Crippen LogP contribution in [0.5, 0.6) is 0 Å². The van der Waals surface area contributed by atoms with Gasteiger partial charge in [-0.05, 0) is 102 Å². The minimum Gasteiger partial charge on any atom is -0.208 e. The number of fused-ring (bicyclic) bond motifs is 10. The maximum absolute atomic E-state index is 5.02. The van der Waals surface area contributed by atoms with Crippen LogP contribution in [0.15, 0.2) is 224 Å². The summed E-state index contributed by atoms with van der Waals surface area (Å²) < 4.78 is 0. The van der Waals surface area contributed by atoms with Crippen LogP contribution in [0, 0.1) is 0 Å². The molecule has 284 valence electrons. The molecular formula is C58H37N3. The lowest BCUT2D eigenvalue weighted by molar-refractivity contribution is 0.794. The molecule has 3 heteroatoms. The second-order valence-electron chi connectivity index (χ2n) is 15.9. The van der Waals surface area contributed by atoms with Crippen LogP contribution in [-0.2, 0) is 5.41 Å². The molecule has 0 saturated carbocycles. The normalized spacial score (nSPS) is 12.7. The fraction of sp³-hybridized carbons (Fsp3) is 0.0172. The monoisotopic (exact) mass is 775 g/mol.